The number of rotatable bonds is 2. The van der Waals surface area contributed by atoms with E-state index >= 15 is 0 Å². The summed E-state index contributed by atoms with van der Waals surface area (Å²) in [7, 11) is 0. The van der Waals surface area contributed by atoms with Gasteiger partial charge in [0.25, 0.3) is 5.91 Å². The van der Waals surface area contributed by atoms with E-state index in [4.69, 9.17) is 0 Å². The maximum Gasteiger partial charge on any atom is 0.256 e. The van der Waals surface area contributed by atoms with Crippen LogP contribution in [0.25, 0.3) is 10.9 Å². The monoisotopic (exact) mass is 291 g/mol. The number of hydrogen-bond acceptors (Lipinski definition) is 2. The van der Waals surface area contributed by atoms with Crippen LogP contribution in [0.1, 0.15) is 15.9 Å². The van der Waals surface area contributed by atoms with Gasteiger partial charge in [-0.15, -0.1) is 0 Å². The van der Waals surface area contributed by atoms with Gasteiger partial charge in [-0.05, 0) is 35.9 Å². The van der Waals surface area contributed by atoms with Gasteiger partial charge in [-0.2, -0.15) is 0 Å². The second-order valence-electron chi connectivity index (χ2n) is 5.30. The van der Waals surface area contributed by atoms with E-state index in [-0.39, 0.29) is 11.8 Å². The van der Waals surface area contributed by atoms with Crippen molar-refractivity contribution in [3.63, 3.8) is 0 Å². The zero-order valence-electron chi connectivity index (χ0n) is 11.6. The molecule has 3 aromatic rings. The van der Waals surface area contributed by atoms with Crippen molar-refractivity contribution in [3.05, 3.63) is 59.8 Å². The number of aromatic nitrogens is 1. The van der Waals surface area contributed by atoms with Gasteiger partial charge in [-0.1, -0.05) is 12.1 Å². The average Bonchev–Trinajstić information content (AvgIpc) is 3.11. The summed E-state index contributed by atoms with van der Waals surface area (Å²) in [6, 6.07) is 12.9. The molecule has 0 aliphatic carbocycles. The number of hydrogen-bond donors (Lipinski definition) is 3. The second kappa shape index (κ2) is 4.73. The van der Waals surface area contributed by atoms with E-state index in [0.717, 1.165) is 22.2 Å². The Bertz CT molecular complexity index is 911. The fourth-order valence-corrected chi connectivity index (χ4v) is 2.77. The normalized spacial score (nSPS) is 13.0. The number of carbonyl (C=O) groups excluding carboxylic acids is 2. The summed E-state index contributed by atoms with van der Waals surface area (Å²) < 4.78 is 0. The Hall–Kier alpha value is -3.08. The molecule has 0 saturated carbocycles. The van der Waals surface area contributed by atoms with Crippen LogP contribution >= 0.6 is 0 Å². The molecule has 1 aliphatic heterocycles. The number of amides is 2. The van der Waals surface area contributed by atoms with E-state index < -0.39 is 0 Å². The number of anilines is 2. The summed E-state index contributed by atoms with van der Waals surface area (Å²) >= 11 is 0. The van der Waals surface area contributed by atoms with Crippen LogP contribution in [-0.2, 0) is 11.2 Å². The third-order valence-corrected chi connectivity index (χ3v) is 3.83. The van der Waals surface area contributed by atoms with Crippen LogP contribution < -0.4 is 10.6 Å². The van der Waals surface area contributed by atoms with Gasteiger partial charge >= 0.3 is 0 Å². The maximum absolute atomic E-state index is 12.5. The summed E-state index contributed by atoms with van der Waals surface area (Å²) in [6.45, 7) is 0. The van der Waals surface area contributed by atoms with Gasteiger partial charge in [0.15, 0.2) is 0 Å². The molecule has 0 fully saturated rings. The molecule has 1 aromatic heterocycles. The number of benzene rings is 2. The van der Waals surface area contributed by atoms with Gasteiger partial charge in [0.1, 0.15) is 0 Å². The van der Waals surface area contributed by atoms with Crippen LogP contribution in [0.5, 0.6) is 0 Å². The van der Waals surface area contributed by atoms with E-state index in [1.54, 1.807) is 12.1 Å². The molecule has 3 N–H and O–H groups in total. The number of H-pyrrole nitrogens is 1. The minimum Gasteiger partial charge on any atom is -0.361 e. The zero-order chi connectivity index (χ0) is 15.1. The Balaban J connectivity index is 1.64. The summed E-state index contributed by atoms with van der Waals surface area (Å²) in [4.78, 5) is 26.9. The van der Waals surface area contributed by atoms with Crippen LogP contribution in [0.3, 0.4) is 0 Å². The highest BCUT2D eigenvalue weighted by atomic mass is 16.2. The Morgan fingerprint density at radius 2 is 2.05 bits per heavy atom. The maximum atomic E-state index is 12.5. The molecule has 108 valence electrons. The van der Waals surface area contributed by atoms with Gasteiger partial charge < -0.3 is 15.6 Å². The highest BCUT2D eigenvalue weighted by molar-refractivity contribution is 6.13. The largest absolute Gasteiger partial charge is 0.361 e. The first-order valence-corrected chi connectivity index (χ1v) is 7.01. The lowest BCUT2D eigenvalue weighted by Gasteiger charge is -2.08. The molecule has 0 radical (unpaired) electrons. The lowest BCUT2D eigenvalue weighted by Crippen LogP contribution is -2.12. The molecule has 22 heavy (non-hydrogen) atoms. The van der Waals surface area contributed by atoms with E-state index in [0.29, 0.717) is 17.7 Å². The van der Waals surface area contributed by atoms with E-state index in [9.17, 15) is 9.59 Å². The molecule has 2 heterocycles. The molecule has 0 atom stereocenters. The first-order valence-electron chi connectivity index (χ1n) is 7.01. The van der Waals surface area contributed by atoms with Gasteiger partial charge in [0.05, 0.1) is 6.42 Å². The highest BCUT2D eigenvalue weighted by Crippen LogP contribution is 2.27. The third-order valence-electron chi connectivity index (χ3n) is 3.83. The Kier molecular flexibility index (Phi) is 2.72. The second-order valence-corrected chi connectivity index (χ2v) is 5.30. The van der Waals surface area contributed by atoms with E-state index in [1.165, 1.54) is 0 Å². The topological polar surface area (TPSA) is 74.0 Å². The Morgan fingerprint density at radius 3 is 2.95 bits per heavy atom. The van der Waals surface area contributed by atoms with E-state index in [2.05, 4.69) is 15.6 Å². The first kappa shape index (κ1) is 12.6. The number of nitrogens with one attached hydrogen (secondary N) is 3. The molecule has 0 unspecified atom stereocenters. The quantitative estimate of drug-likeness (QED) is 0.679. The van der Waals surface area contributed by atoms with Crippen LogP contribution in [0.15, 0.2) is 48.7 Å². The molecule has 4 rings (SSSR count). The predicted molar refractivity (Wildman–Crippen MR) is 85.0 cm³/mol. The SMILES string of the molecule is O=C1Cc2ccc(NC(=O)c3cccc4[nH]ccc34)cc2N1. The van der Waals surface area contributed by atoms with Crippen molar-refractivity contribution in [3.8, 4) is 0 Å². The summed E-state index contributed by atoms with van der Waals surface area (Å²) in [5.74, 6) is -0.190. The van der Waals surface area contributed by atoms with Gasteiger partial charge in [-0.3, -0.25) is 9.59 Å². The Labute approximate surface area is 126 Å². The average molecular weight is 291 g/mol. The van der Waals surface area contributed by atoms with Crippen molar-refractivity contribution in [2.75, 3.05) is 10.6 Å². The van der Waals surface area contributed by atoms with Crippen LogP contribution in [-0.4, -0.2) is 16.8 Å². The smallest absolute Gasteiger partial charge is 0.256 e. The minimum atomic E-state index is -0.172. The van der Waals surface area contributed by atoms with Crippen molar-refractivity contribution < 1.29 is 9.59 Å². The van der Waals surface area contributed by atoms with Crippen molar-refractivity contribution in [1.29, 1.82) is 0 Å². The van der Waals surface area contributed by atoms with E-state index in [1.807, 2.05) is 36.5 Å². The number of aromatic amines is 1. The van der Waals surface area contributed by atoms with Gasteiger partial charge in [0.2, 0.25) is 5.91 Å². The zero-order valence-corrected chi connectivity index (χ0v) is 11.6. The van der Waals surface area contributed by atoms with Crippen molar-refractivity contribution >= 4 is 34.1 Å². The summed E-state index contributed by atoms with van der Waals surface area (Å²) in [5.41, 5.74) is 3.93. The Morgan fingerprint density at radius 1 is 1.14 bits per heavy atom. The molecule has 2 aromatic carbocycles. The number of fused-ring (bicyclic) bond motifs is 2. The van der Waals surface area contributed by atoms with Crippen molar-refractivity contribution in [2.45, 2.75) is 6.42 Å². The minimum absolute atomic E-state index is 0.0180. The standard InChI is InChI=1S/C17H13N3O2/c21-16-8-10-4-5-11(9-15(10)20-16)19-17(22)13-2-1-3-14-12(13)6-7-18-14/h1-7,9,18H,8H2,(H,19,22)(H,20,21). The van der Waals surface area contributed by atoms with Crippen molar-refractivity contribution in [2.24, 2.45) is 0 Å². The molecule has 5 nitrogen and oxygen atoms in total. The van der Waals surface area contributed by atoms with Gasteiger partial charge in [-0.25, -0.2) is 0 Å². The van der Waals surface area contributed by atoms with Crippen LogP contribution in [0.4, 0.5) is 11.4 Å². The molecule has 2 amide bonds. The third kappa shape index (κ3) is 2.03. The number of carbonyl (C=O) groups is 2. The molecule has 1 aliphatic rings. The summed E-state index contributed by atoms with van der Waals surface area (Å²) in [6.07, 6.45) is 2.21. The molecule has 0 saturated heterocycles. The summed E-state index contributed by atoms with van der Waals surface area (Å²) in [5, 5.41) is 6.55. The first-order chi connectivity index (χ1) is 10.7. The molecular weight excluding hydrogens is 278 g/mol. The fraction of sp³-hybridized carbons (Fsp3) is 0.0588. The lowest BCUT2D eigenvalue weighted by atomic mass is 10.1. The highest BCUT2D eigenvalue weighted by Gasteiger charge is 2.18. The van der Waals surface area contributed by atoms with Crippen LogP contribution in [0, 0.1) is 0 Å². The van der Waals surface area contributed by atoms with Crippen molar-refractivity contribution in [1.82, 2.24) is 4.98 Å². The molecular formula is C17H13N3O2. The molecule has 5 heteroatoms. The van der Waals surface area contributed by atoms with Crippen LogP contribution in [0.2, 0.25) is 0 Å². The molecule has 0 spiro atoms. The fourth-order valence-electron chi connectivity index (χ4n) is 2.77. The predicted octanol–water partition coefficient (Wildman–Crippen LogP) is 2.91. The van der Waals surface area contributed by atoms with Gasteiger partial charge in [0, 0.05) is 34.0 Å². The molecule has 0 bridgehead atoms. The lowest BCUT2D eigenvalue weighted by molar-refractivity contribution is -0.115.